The molecule has 2 aliphatic rings. The molecule has 2 unspecified atom stereocenters. The number of amides is 1. The van der Waals surface area contributed by atoms with Gasteiger partial charge in [0.25, 0.3) is 0 Å². The minimum atomic E-state index is 0. The van der Waals surface area contributed by atoms with Crippen molar-refractivity contribution in [2.45, 2.75) is 57.9 Å². The van der Waals surface area contributed by atoms with E-state index in [1.54, 1.807) is 0 Å². The van der Waals surface area contributed by atoms with E-state index in [-0.39, 0.29) is 18.3 Å². The summed E-state index contributed by atoms with van der Waals surface area (Å²) in [6, 6.07) is 0.426. The second-order valence-corrected chi connectivity index (χ2v) is 5.95. The standard InChI is InChI=1S/C14H26N2O.ClH/c1-11-3-2-4-13(8-5-11)16-14(17)10-15-9-12-6-7-12;/h11-13,15H,2-10H2,1H3,(H,16,17);1H. The van der Waals surface area contributed by atoms with E-state index in [9.17, 15) is 4.79 Å². The van der Waals surface area contributed by atoms with E-state index < -0.39 is 0 Å². The van der Waals surface area contributed by atoms with Gasteiger partial charge in [-0.15, -0.1) is 12.4 Å². The molecule has 0 aliphatic heterocycles. The van der Waals surface area contributed by atoms with Gasteiger partial charge in [-0.3, -0.25) is 4.79 Å². The average Bonchev–Trinajstić information content (AvgIpc) is 3.09. The maximum absolute atomic E-state index is 11.7. The van der Waals surface area contributed by atoms with Gasteiger partial charge in [-0.1, -0.05) is 19.8 Å². The zero-order valence-corrected chi connectivity index (χ0v) is 12.2. The molecular weight excluding hydrogens is 248 g/mol. The van der Waals surface area contributed by atoms with E-state index in [0.29, 0.717) is 12.6 Å². The summed E-state index contributed by atoms with van der Waals surface area (Å²) in [5, 5.41) is 6.42. The summed E-state index contributed by atoms with van der Waals surface area (Å²) in [5.41, 5.74) is 0. The van der Waals surface area contributed by atoms with Crippen molar-refractivity contribution in [3.05, 3.63) is 0 Å². The molecule has 0 radical (unpaired) electrons. The van der Waals surface area contributed by atoms with Gasteiger partial charge in [-0.2, -0.15) is 0 Å². The van der Waals surface area contributed by atoms with Crippen molar-refractivity contribution < 1.29 is 4.79 Å². The third-order valence-electron chi connectivity index (χ3n) is 4.04. The van der Waals surface area contributed by atoms with Crippen molar-refractivity contribution >= 4 is 18.3 Å². The van der Waals surface area contributed by atoms with Crippen molar-refractivity contribution in [2.75, 3.05) is 13.1 Å². The van der Waals surface area contributed by atoms with Crippen LogP contribution in [0.3, 0.4) is 0 Å². The quantitative estimate of drug-likeness (QED) is 0.757. The number of nitrogens with one attached hydrogen (secondary N) is 2. The van der Waals surface area contributed by atoms with E-state index in [4.69, 9.17) is 0 Å². The van der Waals surface area contributed by atoms with Crippen molar-refractivity contribution in [2.24, 2.45) is 11.8 Å². The Labute approximate surface area is 117 Å². The Morgan fingerprint density at radius 1 is 1.11 bits per heavy atom. The Bertz CT molecular complexity index is 256. The Kier molecular flexibility index (Phi) is 7.02. The van der Waals surface area contributed by atoms with E-state index in [0.717, 1.165) is 24.8 Å². The molecule has 0 aromatic rings. The molecular formula is C14H27ClN2O. The monoisotopic (exact) mass is 274 g/mol. The molecule has 106 valence electrons. The fraction of sp³-hybridized carbons (Fsp3) is 0.929. The Morgan fingerprint density at radius 2 is 1.89 bits per heavy atom. The first-order valence-electron chi connectivity index (χ1n) is 7.24. The van der Waals surface area contributed by atoms with E-state index in [2.05, 4.69) is 17.6 Å². The molecule has 0 aromatic carbocycles. The van der Waals surface area contributed by atoms with Gasteiger partial charge >= 0.3 is 0 Å². The lowest BCUT2D eigenvalue weighted by Gasteiger charge is -2.16. The van der Waals surface area contributed by atoms with Crippen LogP contribution in [-0.4, -0.2) is 25.0 Å². The first-order chi connectivity index (χ1) is 8.24. The minimum absolute atomic E-state index is 0. The molecule has 2 rings (SSSR count). The van der Waals surface area contributed by atoms with Crippen molar-refractivity contribution in [1.82, 2.24) is 10.6 Å². The molecule has 2 saturated carbocycles. The molecule has 18 heavy (non-hydrogen) atoms. The van der Waals surface area contributed by atoms with Gasteiger partial charge in [0.05, 0.1) is 6.54 Å². The van der Waals surface area contributed by atoms with Crippen LogP contribution < -0.4 is 10.6 Å². The predicted molar refractivity (Wildman–Crippen MR) is 77.0 cm³/mol. The normalized spacial score (nSPS) is 28.1. The van der Waals surface area contributed by atoms with Gasteiger partial charge in [0.1, 0.15) is 0 Å². The third kappa shape index (κ3) is 6.05. The van der Waals surface area contributed by atoms with Crippen LogP contribution in [0.2, 0.25) is 0 Å². The van der Waals surface area contributed by atoms with E-state index in [1.165, 1.54) is 38.5 Å². The van der Waals surface area contributed by atoms with Crippen LogP contribution in [0.4, 0.5) is 0 Å². The molecule has 2 N–H and O–H groups in total. The van der Waals surface area contributed by atoms with Crippen LogP contribution in [0.15, 0.2) is 0 Å². The van der Waals surface area contributed by atoms with Crippen LogP contribution in [-0.2, 0) is 4.79 Å². The van der Waals surface area contributed by atoms with Crippen LogP contribution in [0.25, 0.3) is 0 Å². The number of rotatable bonds is 5. The molecule has 0 heterocycles. The highest BCUT2D eigenvalue weighted by atomic mass is 35.5. The maximum Gasteiger partial charge on any atom is 0.234 e. The van der Waals surface area contributed by atoms with Gasteiger partial charge in [-0.05, 0) is 50.5 Å². The topological polar surface area (TPSA) is 41.1 Å². The number of carbonyl (C=O) groups is 1. The molecule has 2 atom stereocenters. The van der Waals surface area contributed by atoms with Gasteiger partial charge < -0.3 is 10.6 Å². The summed E-state index contributed by atoms with van der Waals surface area (Å²) in [7, 11) is 0. The lowest BCUT2D eigenvalue weighted by atomic mass is 10.0. The number of halogens is 1. The lowest BCUT2D eigenvalue weighted by molar-refractivity contribution is -0.121. The molecule has 4 heteroatoms. The summed E-state index contributed by atoms with van der Waals surface area (Å²) in [6.45, 7) is 3.85. The molecule has 2 fully saturated rings. The summed E-state index contributed by atoms with van der Waals surface area (Å²) in [6.07, 6.45) is 8.87. The second kappa shape index (κ2) is 8.00. The van der Waals surface area contributed by atoms with E-state index in [1.807, 2.05) is 0 Å². The Hall–Kier alpha value is -0.280. The fourth-order valence-corrected chi connectivity index (χ4v) is 2.62. The number of hydrogen-bond acceptors (Lipinski definition) is 2. The van der Waals surface area contributed by atoms with Gasteiger partial charge in [0.2, 0.25) is 5.91 Å². The Morgan fingerprint density at radius 3 is 2.61 bits per heavy atom. The number of carbonyl (C=O) groups excluding carboxylic acids is 1. The summed E-state index contributed by atoms with van der Waals surface area (Å²) in [5.74, 6) is 1.87. The van der Waals surface area contributed by atoms with Crippen molar-refractivity contribution in [1.29, 1.82) is 0 Å². The first-order valence-corrected chi connectivity index (χ1v) is 7.24. The summed E-state index contributed by atoms with van der Waals surface area (Å²) >= 11 is 0. The highest BCUT2D eigenvalue weighted by Gasteiger charge is 2.21. The van der Waals surface area contributed by atoms with Crippen LogP contribution in [0.5, 0.6) is 0 Å². The summed E-state index contributed by atoms with van der Waals surface area (Å²) in [4.78, 5) is 11.7. The molecule has 0 bridgehead atoms. The van der Waals surface area contributed by atoms with Crippen molar-refractivity contribution in [3.63, 3.8) is 0 Å². The largest absolute Gasteiger partial charge is 0.352 e. The molecule has 0 spiro atoms. The average molecular weight is 275 g/mol. The maximum atomic E-state index is 11.7. The molecule has 3 nitrogen and oxygen atoms in total. The molecule has 1 amide bonds. The summed E-state index contributed by atoms with van der Waals surface area (Å²) < 4.78 is 0. The smallest absolute Gasteiger partial charge is 0.234 e. The molecule has 2 aliphatic carbocycles. The Balaban J connectivity index is 0.00000162. The fourth-order valence-electron chi connectivity index (χ4n) is 2.62. The van der Waals surface area contributed by atoms with Crippen LogP contribution in [0.1, 0.15) is 51.9 Å². The van der Waals surface area contributed by atoms with E-state index >= 15 is 0 Å². The predicted octanol–water partition coefficient (Wildman–Crippen LogP) is 2.49. The highest BCUT2D eigenvalue weighted by Crippen LogP contribution is 2.27. The first kappa shape index (κ1) is 15.8. The highest BCUT2D eigenvalue weighted by molar-refractivity contribution is 5.85. The molecule has 0 aromatic heterocycles. The van der Waals surface area contributed by atoms with Crippen molar-refractivity contribution in [3.8, 4) is 0 Å². The van der Waals surface area contributed by atoms with Gasteiger partial charge in [-0.25, -0.2) is 0 Å². The zero-order valence-electron chi connectivity index (χ0n) is 11.4. The number of hydrogen-bond donors (Lipinski definition) is 2. The SMILES string of the molecule is CC1CCCC(NC(=O)CNCC2CC2)CC1.Cl. The van der Waals surface area contributed by atoms with Gasteiger partial charge in [0, 0.05) is 6.04 Å². The minimum Gasteiger partial charge on any atom is -0.352 e. The molecule has 0 saturated heterocycles. The lowest BCUT2D eigenvalue weighted by Crippen LogP contribution is -2.40. The third-order valence-corrected chi connectivity index (χ3v) is 4.04. The zero-order chi connectivity index (χ0) is 12.1. The second-order valence-electron chi connectivity index (χ2n) is 5.95. The van der Waals surface area contributed by atoms with Gasteiger partial charge in [0.15, 0.2) is 0 Å². The van der Waals surface area contributed by atoms with Crippen LogP contribution >= 0.6 is 12.4 Å². The van der Waals surface area contributed by atoms with Crippen LogP contribution in [0, 0.1) is 11.8 Å².